The predicted octanol–water partition coefficient (Wildman–Crippen LogP) is 2.32. The zero-order chi connectivity index (χ0) is 6.01. The Morgan fingerprint density at radius 2 is 2.00 bits per heavy atom. The van der Waals surface area contributed by atoms with E-state index in [0.29, 0.717) is 0 Å². The summed E-state index contributed by atoms with van der Waals surface area (Å²) in [6.45, 7) is 2.30. The zero-order valence-electron chi connectivity index (χ0n) is 5.78. The molecule has 0 nitrogen and oxygen atoms in total. The second kappa shape index (κ2) is 1.12. The first-order chi connectivity index (χ1) is 4.38. The van der Waals surface area contributed by atoms with Crippen LogP contribution in [0.25, 0.3) is 0 Å². The monoisotopic (exact) mass is 119 g/mol. The molecule has 9 heavy (non-hydrogen) atoms. The van der Waals surface area contributed by atoms with Crippen LogP contribution in [0, 0.1) is 17.8 Å². The van der Waals surface area contributed by atoms with Gasteiger partial charge in [-0.05, 0) is 38.0 Å². The third kappa shape index (κ3) is 0.357. The van der Waals surface area contributed by atoms with Gasteiger partial charge in [0.2, 0.25) is 0 Å². The van der Waals surface area contributed by atoms with Gasteiger partial charge < -0.3 is 0 Å². The molecule has 0 saturated heterocycles. The molecule has 0 N–H and O–H groups in total. The van der Waals surface area contributed by atoms with E-state index in [9.17, 15) is 0 Å². The Labute approximate surface area is 56.0 Å². The van der Waals surface area contributed by atoms with Crippen LogP contribution in [-0.2, 0) is 0 Å². The van der Waals surface area contributed by atoms with Gasteiger partial charge in [-0.15, -0.1) is 0 Å². The van der Waals surface area contributed by atoms with Crippen LogP contribution in [-0.4, -0.2) is 0 Å². The van der Waals surface area contributed by atoms with E-state index in [1.165, 1.54) is 19.3 Å². The van der Waals surface area contributed by atoms with E-state index in [1.807, 2.05) is 0 Å². The minimum absolute atomic E-state index is 1.03. The van der Waals surface area contributed by atoms with E-state index in [2.05, 4.69) is 6.92 Å². The summed E-state index contributed by atoms with van der Waals surface area (Å²) >= 11 is 0. The fraction of sp³-hybridized carbons (Fsp3) is 0.667. The normalized spacial score (nSPS) is 46.3. The molecule has 3 aliphatic rings. The maximum absolute atomic E-state index is 2.30. The van der Waals surface area contributed by atoms with E-state index in [1.54, 1.807) is 17.1 Å². The summed E-state index contributed by atoms with van der Waals surface area (Å²) in [6.07, 6.45) is 4.52. The van der Waals surface area contributed by atoms with Gasteiger partial charge in [-0.25, -0.2) is 0 Å². The van der Waals surface area contributed by atoms with E-state index in [0.717, 1.165) is 11.8 Å². The summed E-state index contributed by atoms with van der Waals surface area (Å²) in [7, 11) is 0. The smallest absolute Gasteiger partial charge is 0.0288 e. The molecule has 0 heteroatoms. The van der Waals surface area contributed by atoms with Gasteiger partial charge in [0.05, 0.1) is 0 Å². The minimum Gasteiger partial charge on any atom is -0.0611 e. The summed E-state index contributed by atoms with van der Waals surface area (Å²) in [5.74, 6) is 3.86. The topological polar surface area (TPSA) is 0 Å². The quantitative estimate of drug-likeness (QED) is 0.459. The van der Waals surface area contributed by atoms with Crippen molar-refractivity contribution in [3.8, 4) is 0 Å². The highest BCUT2D eigenvalue weighted by Crippen LogP contribution is 2.66. The van der Waals surface area contributed by atoms with Crippen molar-refractivity contribution in [2.75, 3.05) is 0 Å². The van der Waals surface area contributed by atoms with Crippen molar-refractivity contribution < 1.29 is 0 Å². The molecule has 2 atom stereocenters. The largest absolute Gasteiger partial charge is 0.0611 e. The van der Waals surface area contributed by atoms with Gasteiger partial charge in [0.1, 0.15) is 0 Å². The molecule has 2 fully saturated rings. The van der Waals surface area contributed by atoms with Gasteiger partial charge in [0, 0.05) is 5.92 Å². The van der Waals surface area contributed by atoms with Crippen molar-refractivity contribution in [3.05, 3.63) is 17.1 Å². The Kier molecular flexibility index (Phi) is 0.564. The zero-order valence-corrected chi connectivity index (χ0v) is 5.78. The maximum Gasteiger partial charge on any atom is 0.0288 e. The van der Waals surface area contributed by atoms with Crippen molar-refractivity contribution in [2.45, 2.75) is 26.2 Å². The number of rotatable bonds is 0. The van der Waals surface area contributed by atoms with Crippen molar-refractivity contribution in [1.29, 1.82) is 0 Å². The average molecular weight is 119 g/mol. The summed E-state index contributed by atoms with van der Waals surface area (Å²) in [5.41, 5.74) is 3.49. The highest BCUT2D eigenvalue weighted by Gasteiger charge is 2.54. The Morgan fingerprint density at radius 1 is 1.22 bits per heavy atom. The Balaban J connectivity index is 2.06. The molecule has 47 valence electrons. The third-order valence-corrected chi connectivity index (χ3v) is 3.28. The first-order valence-electron chi connectivity index (χ1n) is 3.96. The maximum atomic E-state index is 2.30. The van der Waals surface area contributed by atoms with E-state index in [-0.39, 0.29) is 0 Å². The molecule has 0 aliphatic heterocycles. The molecule has 1 radical (unpaired) electrons. The number of fused-ring (bicyclic) bond motifs is 5. The van der Waals surface area contributed by atoms with Crippen LogP contribution in [0.2, 0.25) is 0 Å². The molecule has 0 spiro atoms. The van der Waals surface area contributed by atoms with Crippen LogP contribution in [0.15, 0.2) is 11.1 Å². The fourth-order valence-corrected chi connectivity index (χ4v) is 2.88. The Bertz CT molecular complexity index is 200. The average Bonchev–Trinajstić information content (AvgIpc) is 2.29. The van der Waals surface area contributed by atoms with E-state index < -0.39 is 0 Å². The molecule has 3 aliphatic carbocycles. The predicted molar refractivity (Wildman–Crippen MR) is 36.8 cm³/mol. The second-order valence-corrected chi connectivity index (χ2v) is 3.66. The molecule has 0 aromatic rings. The number of hydrogen-bond acceptors (Lipinski definition) is 0. The van der Waals surface area contributed by atoms with Gasteiger partial charge in [-0.2, -0.15) is 0 Å². The van der Waals surface area contributed by atoms with Crippen molar-refractivity contribution in [1.82, 2.24) is 0 Å². The molecular weight excluding hydrogens is 108 g/mol. The highest BCUT2D eigenvalue weighted by molar-refractivity contribution is 5.65. The lowest BCUT2D eigenvalue weighted by Gasteiger charge is -2.05. The first-order valence-corrected chi connectivity index (χ1v) is 3.96. The lowest BCUT2D eigenvalue weighted by molar-refractivity contribution is 0.641. The molecule has 0 amide bonds. The highest BCUT2D eigenvalue weighted by atomic mass is 14.6. The van der Waals surface area contributed by atoms with Gasteiger partial charge >= 0.3 is 0 Å². The molecule has 2 saturated carbocycles. The lowest BCUT2D eigenvalue weighted by atomic mass is 9.99. The summed E-state index contributed by atoms with van der Waals surface area (Å²) in [5, 5.41) is 0. The van der Waals surface area contributed by atoms with Crippen molar-refractivity contribution in [2.24, 2.45) is 11.8 Å². The van der Waals surface area contributed by atoms with Crippen molar-refractivity contribution >= 4 is 0 Å². The number of allylic oxidation sites excluding steroid dienone is 2. The summed E-state index contributed by atoms with van der Waals surface area (Å²) < 4.78 is 0. The van der Waals surface area contributed by atoms with Crippen LogP contribution in [0.4, 0.5) is 0 Å². The third-order valence-electron chi connectivity index (χ3n) is 3.28. The number of hydrogen-bond donors (Lipinski definition) is 0. The molecule has 0 aromatic heterocycles. The first kappa shape index (κ1) is 4.54. The lowest BCUT2D eigenvalue weighted by Crippen LogP contribution is -1.94. The standard InChI is InChI=1S/C9H11/c1-5-8-6-2-3-7(4-6)9(5)8/h6-7H,2-4H2,1H3. The molecule has 0 aromatic carbocycles. The molecule has 3 rings (SSSR count). The SMILES string of the molecule is CC1=C2[C]1C1CCC2C1. The van der Waals surface area contributed by atoms with Gasteiger partial charge in [0.15, 0.2) is 0 Å². The molecule has 2 bridgehead atoms. The summed E-state index contributed by atoms with van der Waals surface area (Å²) in [4.78, 5) is 0. The van der Waals surface area contributed by atoms with Crippen LogP contribution in [0.1, 0.15) is 26.2 Å². The summed E-state index contributed by atoms with van der Waals surface area (Å²) in [6, 6.07) is 0. The Hall–Kier alpha value is -0.260. The van der Waals surface area contributed by atoms with Crippen LogP contribution < -0.4 is 0 Å². The van der Waals surface area contributed by atoms with Gasteiger partial charge in [-0.1, -0.05) is 11.1 Å². The molecular formula is C9H11. The van der Waals surface area contributed by atoms with Gasteiger partial charge in [-0.3, -0.25) is 0 Å². The Morgan fingerprint density at radius 3 is 2.56 bits per heavy atom. The molecule has 0 heterocycles. The van der Waals surface area contributed by atoms with Crippen LogP contribution in [0.5, 0.6) is 0 Å². The van der Waals surface area contributed by atoms with Crippen LogP contribution in [0.3, 0.4) is 0 Å². The van der Waals surface area contributed by atoms with Crippen molar-refractivity contribution in [3.63, 3.8) is 0 Å². The van der Waals surface area contributed by atoms with E-state index >= 15 is 0 Å². The van der Waals surface area contributed by atoms with E-state index in [4.69, 9.17) is 0 Å². The minimum atomic E-state index is 1.03. The fourth-order valence-electron chi connectivity index (χ4n) is 2.88. The molecule has 2 unspecified atom stereocenters. The van der Waals surface area contributed by atoms with Crippen LogP contribution >= 0.6 is 0 Å². The second-order valence-electron chi connectivity index (χ2n) is 3.66. The van der Waals surface area contributed by atoms with Gasteiger partial charge in [0.25, 0.3) is 0 Å².